The quantitative estimate of drug-likeness (QED) is 0.872. The van der Waals surface area contributed by atoms with E-state index in [9.17, 15) is 9.90 Å². The Labute approximate surface area is 166 Å². The zero-order chi connectivity index (χ0) is 19.7. The second-order valence-corrected chi connectivity index (χ2v) is 8.14. The van der Waals surface area contributed by atoms with Crippen LogP contribution in [0.25, 0.3) is 0 Å². The first-order valence-electron chi connectivity index (χ1n) is 10.1. The number of fused-ring (bicyclic) bond motifs is 1. The Kier molecular flexibility index (Phi) is 5.02. The van der Waals surface area contributed by atoms with Crippen LogP contribution in [-0.4, -0.2) is 42.2 Å². The molecule has 28 heavy (non-hydrogen) atoms. The predicted octanol–water partition coefficient (Wildman–Crippen LogP) is 4.07. The fraction of sp³-hybridized carbons (Fsp3) is 0.435. The number of hydrogen-bond acceptors (Lipinski definition) is 4. The number of hydrogen-bond donors (Lipinski definition) is 1. The van der Waals surface area contributed by atoms with Crippen LogP contribution in [0.4, 0.5) is 11.4 Å². The van der Waals surface area contributed by atoms with Gasteiger partial charge in [-0.3, -0.25) is 4.79 Å². The Morgan fingerprint density at radius 2 is 1.71 bits per heavy atom. The second kappa shape index (κ2) is 7.47. The summed E-state index contributed by atoms with van der Waals surface area (Å²) >= 11 is 0. The maximum atomic E-state index is 12.8. The summed E-state index contributed by atoms with van der Waals surface area (Å²) in [6, 6.07) is 13.7. The molecule has 148 valence electrons. The maximum absolute atomic E-state index is 12.8. The molecule has 2 heterocycles. The SMILES string of the molecule is CC(C)(O)c1ccc(N2CCOc3cc(C(=O)N4CCCCC4)ccc32)cc1. The summed E-state index contributed by atoms with van der Waals surface area (Å²) in [7, 11) is 0. The molecule has 0 saturated carbocycles. The van der Waals surface area contributed by atoms with Crippen molar-refractivity contribution in [2.75, 3.05) is 31.1 Å². The maximum Gasteiger partial charge on any atom is 0.253 e. The number of ether oxygens (including phenoxy) is 1. The average Bonchev–Trinajstić information content (AvgIpc) is 2.72. The second-order valence-electron chi connectivity index (χ2n) is 8.14. The first-order valence-corrected chi connectivity index (χ1v) is 10.1. The van der Waals surface area contributed by atoms with Gasteiger partial charge in [-0.15, -0.1) is 0 Å². The lowest BCUT2D eigenvalue weighted by Gasteiger charge is -2.32. The number of carbonyl (C=O) groups excluding carboxylic acids is 1. The van der Waals surface area contributed by atoms with Crippen LogP contribution in [-0.2, 0) is 5.60 Å². The van der Waals surface area contributed by atoms with Crippen molar-refractivity contribution in [3.05, 3.63) is 53.6 Å². The van der Waals surface area contributed by atoms with E-state index in [1.165, 1.54) is 6.42 Å². The Balaban J connectivity index is 1.59. The van der Waals surface area contributed by atoms with E-state index in [2.05, 4.69) is 4.90 Å². The van der Waals surface area contributed by atoms with Crippen molar-refractivity contribution in [3.8, 4) is 5.75 Å². The molecule has 1 N–H and O–H groups in total. The highest BCUT2D eigenvalue weighted by molar-refractivity contribution is 5.95. The highest BCUT2D eigenvalue weighted by atomic mass is 16.5. The molecule has 5 nitrogen and oxygen atoms in total. The van der Waals surface area contributed by atoms with E-state index in [4.69, 9.17) is 4.74 Å². The topological polar surface area (TPSA) is 53.0 Å². The number of carbonyl (C=O) groups is 1. The molecule has 1 amide bonds. The van der Waals surface area contributed by atoms with Crippen LogP contribution in [0.2, 0.25) is 0 Å². The standard InChI is InChI=1S/C23H28N2O3/c1-23(2,27)18-7-9-19(10-8-18)25-14-15-28-21-16-17(6-11-20(21)25)22(26)24-12-4-3-5-13-24/h6-11,16,27H,3-5,12-15H2,1-2H3. The van der Waals surface area contributed by atoms with E-state index in [1.807, 2.05) is 47.4 Å². The molecule has 4 rings (SSSR count). The summed E-state index contributed by atoms with van der Waals surface area (Å²) < 4.78 is 5.88. The summed E-state index contributed by atoms with van der Waals surface area (Å²) in [5.74, 6) is 0.846. The van der Waals surface area contributed by atoms with Crippen LogP contribution in [0.1, 0.15) is 49.0 Å². The van der Waals surface area contributed by atoms with E-state index >= 15 is 0 Å². The van der Waals surface area contributed by atoms with Gasteiger partial charge < -0.3 is 19.6 Å². The van der Waals surface area contributed by atoms with E-state index in [0.29, 0.717) is 12.2 Å². The molecule has 0 atom stereocenters. The Bertz CT molecular complexity index is 849. The van der Waals surface area contributed by atoms with Crippen molar-refractivity contribution < 1.29 is 14.6 Å². The number of piperidine rings is 1. The fourth-order valence-corrected chi connectivity index (χ4v) is 3.95. The van der Waals surface area contributed by atoms with Crippen molar-refractivity contribution in [2.24, 2.45) is 0 Å². The van der Waals surface area contributed by atoms with Crippen molar-refractivity contribution in [1.29, 1.82) is 0 Å². The molecule has 0 radical (unpaired) electrons. The van der Waals surface area contributed by atoms with Gasteiger partial charge in [-0.1, -0.05) is 12.1 Å². The van der Waals surface area contributed by atoms with Crippen LogP contribution in [0, 0.1) is 0 Å². The minimum Gasteiger partial charge on any atom is -0.490 e. The molecule has 2 aliphatic heterocycles. The minimum absolute atomic E-state index is 0.0951. The lowest BCUT2D eigenvalue weighted by Crippen LogP contribution is -2.35. The van der Waals surface area contributed by atoms with Gasteiger partial charge >= 0.3 is 0 Å². The number of amides is 1. The van der Waals surface area contributed by atoms with Crippen molar-refractivity contribution >= 4 is 17.3 Å². The highest BCUT2D eigenvalue weighted by Gasteiger charge is 2.24. The molecule has 0 spiro atoms. The van der Waals surface area contributed by atoms with Gasteiger partial charge in [0.15, 0.2) is 0 Å². The van der Waals surface area contributed by atoms with Crippen LogP contribution in [0.3, 0.4) is 0 Å². The smallest absolute Gasteiger partial charge is 0.253 e. The normalized spacial score (nSPS) is 17.1. The van der Waals surface area contributed by atoms with Crippen LogP contribution < -0.4 is 9.64 Å². The number of anilines is 2. The van der Waals surface area contributed by atoms with Crippen molar-refractivity contribution in [2.45, 2.75) is 38.7 Å². The van der Waals surface area contributed by atoms with Crippen LogP contribution in [0.15, 0.2) is 42.5 Å². The Morgan fingerprint density at radius 3 is 2.39 bits per heavy atom. The predicted molar refractivity (Wildman–Crippen MR) is 110 cm³/mol. The molecule has 5 heteroatoms. The molecule has 1 fully saturated rings. The van der Waals surface area contributed by atoms with Gasteiger partial charge in [0.25, 0.3) is 5.91 Å². The van der Waals surface area contributed by atoms with Gasteiger partial charge in [-0.2, -0.15) is 0 Å². The lowest BCUT2D eigenvalue weighted by atomic mass is 9.98. The van der Waals surface area contributed by atoms with Crippen molar-refractivity contribution in [3.63, 3.8) is 0 Å². The molecular formula is C23H28N2O3. The average molecular weight is 380 g/mol. The number of nitrogens with zero attached hydrogens (tertiary/aromatic N) is 2. The zero-order valence-electron chi connectivity index (χ0n) is 16.6. The Hall–Kier alpha value is -2.53. The largest absolute Gasteiger partial charge is 0.490 e. The summed E-state index contributed by atoms with van der Waals surface area (Å²) in [6.45, 7) is 6.57. The monoisotopic (exact) mass is 380 g/mol. The lowest BCUT2D eigenvalue weighted by molar-refractivity contribution is 0.0723. The van der Waals surface area contributed by atoms with Crippen LogP contribution in [0.5, 0.6) is 5.75 Å². The minimum atomic E-state index is -0.856. The number of likely N-dealkylation sites (tertiary alicyclic amines) is 1. The third-order valence-corrected chi connectivity index (χ3v) is 5.60. The van der Waals surface area contributed by atoms with Crippen molar-refractivity contribution in [1.82, 2.24) is 4.90 Å². The number of benzene rings is 2. The summed E-state index contributed by atoms with van der Waals surface area (Å²) in [4.78, 5) is 16.9. The van der Waals surface area contributed by atoms with Gasteiger partial charge in [0.1, 0.15) is 12.4 Å². The fourth-order valence-electron chi connectivity index (χ4n) is 3.95. The van der Waals surface area contributed by atoms with Crippen LogP contribution >= 0.6 is 0 Å². The molecule has 0 aliphatic carbocycles. The summed E-state index contributed by atoms with van der Waals surface area (Å²) in [6.07, 6.45) is 3.38. The molecule has 1 saturated heterocycles. The van der Waals surface area contributed by atoms with Gasteiger partial charge in [0.05, 0.1) is 17.8 Å². The van der Waals surface area contributed by atoms with Gasteiger partial charge in [0.2, 0.25) is 0 Å². The van der Waals surface area contributed by atoms with Gasteiger partial charge in [0, 0.05) is 24.3 Å². The molecule has 2 aromatic carbocycles. The molecule has 0 unspecified atom stereocenters. The molecule has 0 bridgehead atoms. The van der Waals surface area contributed by atoms with E-state index in [0.717, 1.165) is 55.2 Å². The zero-order valence-corrected chi connectivity index (χ0v) is 16.6. The third kappa shape index (κ3) is 3.72. The van der Waals surface area contributed by atoms with Gasteiger partial charge in [-0.25, -0.2) is 0 Å². The van der Waals surface area contributed by atoms with E-state index in [-0.39, 0.29) is 5.91 Å². The van der Waals surface area contributed by atoms with E-state index in [1.54, 1.807) is 13.8 Å². The highest BCUT2D eigenvalue weighted by Crippen LogP contribution is 2.38. The molecular weight excluding hydrogens is 352 g/mol. The first kappa shape index (κ1) is 18.8. The summed E-state index contributed by atoms with van der Waals surface area (Å²) in [5.41, 5.74) is 2.74. The van der Waals surface area contributed by atoms with E-state index < -0.39 is 5.60 Å². The Morgan fingerprint density at radius 1 is 1.00 bits per heavy atom. The number of aliphatic hydroxyl groups is 1. The van der Waals surface area contributed by atoms with Gasteiger partial charge in [-0.05, 0) is 69.0 Å². The number of rotatable bonds is 3. The molecule has 2 aliphatic rings. The molecule has 0 aromatic heterocycles. The molecule has 2 aromatic rings. The first-order chi connectivity index (χ1) is 13.4. The summed E-state index contributed by atoms with van der Waals surface area (Å²) in [5, 5.41) is 10.2. The third-order valence-electron chi connectivity index (χ3n) is 5.60.